The maximum atomic E-state index is 13.1. The molecule has 148 valence electrons. The highest BCUT2D eigenvalue weighted by Gasteiger charge is 2.63. The fourth-order valence-corrected chi connectivity index (χ4v) is 4.97. The Kier molecular flexibility index (Phi) is 5.59. The van der Waals surface area contributed by atoms with Crippen molar-refractivity contribution >= 4 is 23.7 Å². The first-order valence-electron chi connectivity index (χ1n) is 9.45. The Morgan fingerprint density at radius 1 is 1.22 bits per heavy atom. The minimum absolute atomic E-state index is 0.120. The summed E-state index contributed by atoms with van der Waals surface area (Å²) in [5.74, 6) is -1.05. The van der Waals surface area contributed by atoms with Crippen molar-refractivity contribution in [3.05, 3.63) is 29.8 Å². The minimum atomic E-state index is -0.806. The highest BCUT2D eigenvalue weighted by Crippen LogP contribution is 2.52. The Labute approximate surface area is 165 Å². The zero-order valence-electron chi connectivity index (χ0n) is 16.7. The van der Waals surface area contributed by atoms with Gasteiger partial charge in [-0.15, -0.1) is 11.8 Å². The van der Waals surface area contributed by atoms with Crippen LogP contribution in [-0.4, -0.2) is 36.4 Å². The number of carbonyl (C=O) groups is 2. The summed E-state index contributed by atoms with van der Waals surface area (Å²) < 4.78 is 10.9. The molecule has 1 aromatic carbocycles. The van der Waals surface area contributed by atoms with Crippen molar-refractivity contribution in [3.8, 4) is 0 Å². The lowest BCUT2D eigenvalue weighted by molar-refractivity contribution is -0.162. The molecule has 0 spiro atoms. The normalized spacial score (nSPS) is 30.0. The van der Waals surface area contributed by atoms with E-state index in [2.05, 4.69) is 5.32 Å². The average molecular weight is 392 g/mol. The smallest absolute Gasteiger partial charge is 0.326 e. The van der Waals surface area contributed by atoms with E-state index in [-0.39, 0.29) is 23.9 Å². The van der Waals surface area contributed by atoms with Crippen molar-refractivity contribution in [2.45, 2.75) is 62.1 Å². The van der Waals surface area contributed by atoms with Gasteiger partial charge in [-0.1, -0.05) is 18.6 Å². The summed E-state index contributed by atoms with van der Waals surface area (Å²) in [7, 11) is 1.41. The molecular formula is C21H29NO4S. The number of benzene rings is 1. The lowest BCUT2D eigenvalue weighted by Gasteiger charge is -2.28. The molecule has 2 fully saturated rings. The van der Waals surface area contributed by atoms with Gasteiger partial charge >= 0.3 is 11.9 Å². The third-order valence-corrected chi connectivity index (χ3v) is 6.37. The van der Waals surface area contributed by atoms with E-state index in [4.69, 9.17) is 9.47 Å². The number of carbonyl (C=O) groups excluding carboxylic acids is 2. The molecule has 0 aromatic heterocycles. The summed E-state index contributed by atoms with van der Waals surface area (Å²) >= 11 is 1.67. The van der Waals surface area contributed by atoms with Crippen LogP contribution in [0.15, 0.2) is 29.2 Å². The van der Waals surface area contributed by atoms with Crippen LogP contribution < -0.4 is 5.32 Å². The molecule has 0 bridgehead atoms. The highest BCUT2D eigenvalue weighted by atomic mass is 32.2. The van der Waals surface area contributed by atoms with E-state index in [1.165, 1.54) is 7.11 Å². The molecule has 3 rings (SSSR count). The van der Waals surface area contributed by atoms with Crippen LogP contribution in [-0.2, 0) is 19.1 Å². The number of thioether (sulfide) groups is 1. The number of ether oxygens (including phenoxy) is 2. The van der Waals surface area contributed by atoms with Crippen LogP contribution in [0.1, 0.15) is 51.6 Å². The summed E-state index contributed by atoms with van der Waals surface area (Å²) in [5.41, 5.74) is -0.375. The number of fused-ring (bicyclic) bond motifs is 1. The largest absolute Gasteiger partial charge is 0.468 e. The average Bonchev–Trinajstić information content (AvgIpc) is 3.16. The van der Waals surface area contributed by atoms with Gasteiger partial charge in [0.2, 0.25) is 0 Å². The standard InChI is InChI=1S/C21H29NO4S/c1-20(2,3)26-18(23)16-15-7-6-12-21(15,19(24)25-4)22-17(16)13-8-10-14(27-5)11-9-13/h8-11,15-17,22H,6-7,12H2,1-5H3/t15-,16-,17+,21-/m0/s1. The quantitative estimate of drug-likeness (QED) is 0.623. The SMILES string of the molecule is COC(=O)[C@]12CCC[C@H]1[C@H](C(=O)OC(C)(C)C)[C@@H](c1ccc(SC)cc1)N2. The fraction of sp³-hybridized carbons (Fsp3) is 0.619. The Morgan fingerprint density at radius 3 is 2.44 bits per heavy atom. The van der Waals surface area contributed by atoms with Crippen LogP contribution in [0.4, 0.5) is 0 Å². The molecule has 0 radical (unpaired) electrons. The molecule has 1 heterocycles. The molecule has 1 N–H and O–H groups in total. The van der Waals surface area contributed by atoms with Gasteiger partial charge in [-0.3, -0.25) is 14.9 Å². The van der Waals surface area contributed by atoms with Crippen LogP contribution in [0.3, 0.4) is 0 Å². The van der Waals surface area contributed by atoms with Crippen molar-refractivity contribution in [3.63, 3.8) is 0 Å². The molecule has 1 aliphatic heterocycles. The molecule has 1 aliphatic carbocycles. The zero-order chi connectivity index (χ0) is 19.8. The van der Waals surface area contributed by atoms with Crippen LogP contribution in [0, 0.1) is 11.8 Å². The van der Waals surface area contributed by atoms with Crippen molar-refractivity contribution in [2.24, 2.45) is 11.8 Å². The van der Waals surface area contributed by atoms with Crippen LogP contribution in [0.25, 0.3) is 0 Å². The summed E-state index contributed by atoms with van der Waals surface area (Å²) in [6.45, 7) is 5.62. The molecule has 1 saturated carbocycles. The van der Waals surface area contributed by atoms with Gasteiger partial charge in [-0.05, 0) is 57.6 Å². The Hall–Kier alpha value is -1.53. The fourth-order valence-electron chi connectivity index (χ4n) is 4.56. The number of hydrogen-bond donors (Lipinski definition) is 1. The Morgan fingerprint density at radius 2 is 1.89 bits per heavy atom. The van der Waals surface area contributed by atoms with Crippen molar-refractivity contribution in [1.82, 2.24) is 5.32 Å². The van der Waals surface area contributed by atoms with Gasteiger partial charge in [0.1, 0.15) is 11.1 Å². The monoisotopic (exact) mass is 391 g/mol. The van der Waals surface area contributed by atoms with Crippen LogP contribution >= 0.6 is 11.8 Å². The molecule has 0 amide bonds. The molecule has 0 unspecified atom stereocenters. The molecule has 5 nitrogen and oxygen atoms in total. The lowest BCUT2D eigenvalue weighted by atomic mass is 9.80. The minimum Gasteiger partial charge on any atom is -0.468 e. The predicted octanol–water partition coefficient (Wildman–Crippen LogP) is 3.72. The van der Waals surface area contributed by atoms with Gasteiger partial charge in [0.05, 0.1) is 13.0 Å². The van der Waals surface area contributed by atoms with E-state index in [1.54, 1.807) is 11.8 Å². The molecule has 4 atom stereocenters. The first-order valence-corrected chi connectivity index (χ1v) is 10.7. The third kappa shape index (κ3) is 3.74. The van der Waals surface area contributed by atoms with E-state index in [0.29, 0.717) is 6.42 Å². The topological polar surface area (TPSA) is 64.6 Å². The van der Waals surface area contributed by atoms with E-state index in [0.717, 1.165) is 23.3 Å². The summed E-state index contributed by atoms with van der Waals surface area (Å²) in [6, 6.07) is 7.90. The molecule has 6 heteroatoms. The maximum Gasteiger partial charge on any atom is 0.326 e. The molecular weight excluding hydrogens is 362 g/mol. The molecule has 27 heavy (non-hydrogen) atoms. The van der Waals surface area contributed by atoms with Crippen molar-refractivity contribution < 1.29 is 19.1 Å². The summed E-state index contributed by atoms with van der Waals surface area (Å²) in [6.07, 6.45) is 4.42. The van der Waals surface area contributed by atoms with Gasteiger partial charge in [0.25, 0.3) is 0 Å². The first-order chi connectivity index (χ1) is 12.7. The second-order valence-corrected chi connectivity index (χ2v) is 9.30. The number of hydrogen-bond acceptors (Lipinski definition) is 6. The predicted molar refractivity (Wildman–Crippen MR) is 106 cm³/mol. The van der Waals surface area contributed by atoms with Gasteiger partial charge in [-0.2, -0.15) is 0 Å². The number of nitrogens with one attached hydrogen (secondary N) is 1. The molecule has 2 aliphatic rings. The van der Waals surface area contributed by atoms with E-state index in [1.807, 2.05) is 51.3 Å². The van der Waals surface area contributed by atoms with Crippen molar-refractivity contribution in [1.29, 1.82) is 0 Å². The van der Waals surface area contributed by atoms with Gasteiger partial charge in [0.15, 0.2) is 0 Å². The second kappa shape index (κ2) is 7.47. The van der Waals surface area contributed by atoms with E-state index >= 15 is 0 Å². The lowest BCUT2D eigenvalue weighted by Crippen LogP contribution is -2.50. The van der Waals surface area contributed by atoms with Gasteiger partial charge in [0, 0.05) is 16.9 Å². The Bertz CT molecular complexity index is 712. The number of methoxy groups -OCH3 is 1. The number of rotatable bonds is 4. The summed E-state index contributed by atoms with van der Waals surface area (Å²) in [4.78, 5) is 27.0. The van der Waals surface area contributed by atoms with Gasteiger partial charge < -0.3 is 9.47 Å². The highest BCUT2D eigenvalue weighted by molar-refractivity contribution is 7.98. The van der Waals surface area contributed by atoms with Crippen LogP contribution in [0.2, 0.25) is 0 Å². The van der Waals surface area contributed by atoms with E-state index in [9.17, 15) is 9.59 Å². The molecule has 1 saturated heterocycles. The second-order valence-electron chi connectivity index (χ2n) is 8.42. The number of esters is 2. The first kappa shape index (κ1) is 20.2. The molecule has 1 aromatic rings. The summed E-state index contributed by atoms with van der Waals surface area (Å²) in [5, 5.41) is 3.51. The van der Waals surface area contributed by atoms with Crippen molar-refractivity contribution in [2.75, 3.05) is 13.4 Å². The van der Waals surface area contributed by atoms with Gasteiger partial charge in [-0.25, -0.2) is 0 Å². The third-order valence-electron chi connectivity index (χ3n) is 5.63. The van der Waals surface area contributed by atoms with Crippen LogP contribution in [0.5, 0.6) is 0 Å². The zero-order valence-corrected chi connectivity index (χ0v) is 17.5. The Balaban J connectivity index is 2.00. The maximum absolute atomic E-state index is 13.1. The van der Waals surface area contributed by atoms with E-state index < -0.39 is 17.1 Å².